The first-order valence-electron chi connectivity index (χ1n) is 10.2. The van der Waals surface area contributed by atoms with Crippen LogP contribution in [0.4, 0.5) is 21.9 Å². The van der Waals surface area contributed by atoms with Crippen LogP contribution in [-0.2, 0) is 9.59 Å². The Morgan fingerprint density at radius 2 is 1.59 bits per heavy atom. The van der Waals surface area contributed by atoms with E-state index in [1.54, 1.807) is 0 Å². The number of imide groups is 2. The fraction of sp³-hybridized carbons (Fsp3) is 0. The molecule has 3 aromatic carbocycles. The number of anilines is 1. The maximum atomic E-state index is 13.0. The molecule has 4 amide bonds. The normalized spacial score (nSPS) is 14.5. The van der Waals surface area contributed by atoms with Crippen molar-refractivity contribution in [3.63, 3.8) is 0 Å². The molecule has 1 heterocycles. The van der Waals surface area contributed by atoms with Crippen LogP contribution in [-0.4, -0.2) is 32.8 Å². The lowest BCUT2D eigenvalue weighted by Crippen LogP contribution is -2.54. The number of rotatable bonds is 6. The van der Waals surface area contributed by atoms with Gasteiger partial charge in [0.2, 0.25) is 5.75 Å². The summed E-state index contributed by atoms with van der Waals surface area (Å²) in [5, 5.41) is 33.8. The van der Waals surface area contributed by atoms with Crippen LogP contribution in [0.2, 0.25) is 0 Å². The van der Waals surface area contributed by atoms with Crippen molar-refractivity contribution in [1.82, 2.24) is 5.32 Å². The number of nitrogens with one attached hydrogen (secondary N) is 1. The molecule has 0 unspecified atom stereocenters. The summed E-state index contributed by atoms with van der Waals surface area (Å²) in [6, 6.07) is 11.5. The molecule has 1 saturated heterocycles. The number of phenols is 1. The van der Waals surface area contributed by atoms with Crippen LogP contribution in [0.3, 0.4) is 0 Å². The molecule has 1 fully saturated rings. The average molecular weight is 569 g/mol. The zero-order valence-electron chi connectivity index (χ0n) is 18.3. The number of aromatic hydroxyl groups is 1. The van der Waals surface area contributed by atoms with Gasteiger partial charge in [0.05, 0.1) is 26.1 Å². The van der Waals surface area contributed by atoms with Crippen molar-refractivity contribution in [3.8, 4) is 17.2 Å². The standard InChI is InChI=1S/C23H13BrN4O9/c24-17-10-12(1-7-19(17)37-20-8-4-14(27(33)34)11-18(20)28(35)36)9-16-21(30)25-23(32)26(22(16)31)13-2-5-15(29)6-3-13/h1-11,29H,(H,25,30,32)/b16-9+. The van der Waals surface area contributed by atoms with Gasteiger partial charge >= 0.3 is 11.7 Å². The van der Waals surface area contributed by atoms with Crippen LogP contribution in [0.5, 0.6) is 17.2 Å². The third-order valence-electron chi connectivity index (χ3n) is 5.05. The summed E-state index contributed by atoms with van der Waals surface area (Å²) < 4.78 is 5.85. The van der Waals surface area contributed by atoms with Crippen molar-refractivity contribution in [2.45, 2.75) is 0 Å². The number of phenolic OH excluding ortho intramolecular Hbond substituents is 1. The summed E-state index contributed by atoms with van der Waals surface area (Å²) in [6.45, 7) is 0. The fourth-order valence-corrected chi connectivity index (χ4v) is 3.79. The molecule has 0 saturated carbocycles. The first-order chi connectivity index (χ1) is 17.5. The van der Waals surface area contributed by atoms with Gasteiger partial charge in [-0.15, -0.1) is 0 Å². The minimum Gasteiger partial charge on any atom is -0.508 e. The Morgan fingerprint density at radius 1 is 0.919 bits per heavy atom. The van der Waals surface area contributed by atoms with Crippen LogP contribution in [0.15, 0.2) is 70.7 Å². The van der Waals surface area contributed by atoms with Gasteiger partial charge in [0, 0.05) is 6.07 Å². The van der Waals surface area contributed by atoms with Gasteiger partial charge in [-0.1, -0.05) is 6.07 Å². The second kappa shape index (κ2) is 9.87. The van der Waals surface area contributed by atoms with Crippen LogP contribution in [0, 0.1) is 20.2 Å². The van der Waals surface area contributed by atoms with Gasteiger partial charge in [0.1, 0.15) is 17.1 Å². The van der Waals surface area contributed by atoms with Crippen molar-refractivity contribution in [2.75, 3.05) is 4.90 Å². The Labute approximate surface area is 215 Å². The predicted molar refractivity (Wildman–Crippen MR) is 131 cm³/mol. The van der Waals surface area contributed by atoms with Crippen molar-refractivity contribution in [1.29, 1.82) is 0 Å². The lowest BCUT2D eigenvalue weighted by Gasteiger charge is -2.26. The highest BCUT2D eigenvalue weighted by Crippen LogP contribution is 2.37. The minimum absolute atomic E-state index is 0.0772. The molecular weight excluding hydrogens is 556 g/mol. The number of carbonyl (C=O) groups is 3. The molecule has 2 N–H and O–H groups in total. The maximum absolute atomic E-state index is 13.0. The molecule has 1 aliphatic heterocycles. The molecule has 186 valence electrons. The lowest BCUT2D eigenvalue weighted by molar-refractivity contribution is -0.394. The Kier molecular flexibility index (Phi) is 6.67. The molecule has 0 bridgehead atoms. The van der Waals surface area contributed by atoms with Gasteiger partial charge in [-0.05, 0) is 70.0 Å². The average Bonchev–Trinajstić information content (AvgIpc) is 2.84. The monoisotopic (exact) mass is 568 g/mol. The number of benzene rings is 3. The molecule has 0 radical (unpaired) electrons. The zero-order valence-corrected chi connectivity index (χ0v) is 19.9. The van der Waals surface area contributed by atoms with Crippen LogP contribution in [0.1, 0.15) is 5.56 Å². The number of nitrogens with zero attached hydrogens (tertiary/aromatic N) is 3. The summed E-state index contributed by atoms with van der Waals surface area (Å²) in [5.41, 5.74) is -0.963. The number of halogens is 1. The van der Waals surface area contributed by atoms with E-state index in [0.29, 0.717) is 5.56 Å². The predicted octanol–water partition coefficient (Wildman–Crippen LogP) is 4.43. The number of urea groups is 1. The van der Waals surface area contributed by atoms with Gasteiger partial charge in [-0.3, -0.25) is 35.1 Å². The number of hydrogen-bond donors (Lipinski definition) is 2. The summed E-state index contributed by atoms with van der Waals surface area (Å²) in [7, 11) is 0. The van der Waals surface area contributed by atoms with E-state index in [-0.39, 0.29) is 33.0 Å². The highest BCUT2D eigenvalue weighted by molar-refractivity contribution is 9.10. The molecule has 14 heteroatoms. The molecule has 3 aromatic rings. The Balaban J connectivity index is 1.63. The van der Waals surface area contributed by atoms with Crippen molar-refractivity contribution >= 4 is 56.9 Å². The number of nitro groups is 2. The van der Waals surface area contributed by atoms with Crippen molar-refractivity contribution < 1.29 is 34.1 Å². The number of amides is 4. The molecule has 37 heavy (non-hydrogen) atoms. The first kappa shape index (κ1) is 25.0. The van der Waals surface area contributed by atoms with Gasteiger partial charge in [0.25, 0.3) is 17.5 Å². The smallest absolute Gasteiger partial charge is 0.335 e. The summed E-state index contributed by atoms with van der Waals surface area (Å²) >= 11 is 3.26. The highest BCUT2D eigenvalue weighted by atomic mass is 79.9. The van der Waals surface area contributed by atoms with Gasteiger partial charge in [-0.2, -0.15) is 0 Å². The van der Waals surface area contributed by atoms with Crippen LogP contribution < -0.4 is 15.0 Å². The third kappa shape index (κ3) is 5.13. The Bertz CT molecular complexity index is 1520. The number of nitro benzene ring substituents is 2. The van der Waals surface area contributed by atoms with E-state index in [1.165, 1.54) is 48.5 Å². The SMILES string of the molecule is O=C1NC(=O)N(c2ccc(O)cc2)C(=O)/C1=C/c1ccc(Oc2ccc([N+](=O)[O-])cc2[N+](=O)[O-])c(Br)c1. The van der Waals surface area contributed by atoms with E-state index in [9.17, 15) is 39.7 Å². The minimum atomic E-state index is -0.951. The van der Waals surface area contributed by atoms with Crippen molar-refractivity contribution in [2.24, 2.45) is 0 Å². The van der Waals surface area contributed by atoms with E-state index >= 15 is 0 Å². The maximum Gasteiger partial charge on any atom is 0.335 e. The zero-order chi connectivity index (χ0) is 26.9. The second-order valence-corrected chi connectivity index (χ2v) is 8.29. The molecule has 4 rings (SSSR count). The largest absolute Gasteiger partial charge is 0.508 e. The van der Waals surface area contributed by atoms with E-state index in [2.05, 4.69) is 21.2 Å². The summed E-state index contributed by atoms with van der Waals surface area (Å²) in [5.74, 6) is -2.02. The van der Waals surface area contributed by atoms with Crippen LogP contribution >= 0.6 is 15.9 Å². The summed E-state index contributed by atoms with van der Waals surface area (Å²) in [6.07, 6.45) is 1.24. The van der Waals surface area contributed by atoms with E-state index in [1.807, 2.05) is 0 Å². The first-order valence-corrected chi connectivity index (χ1v) is 10.9. The Morgan fingerprint density at radius 3 is 2.22 bits per heavy atom. The summed E-state index contributed by atoms with van der Waals surface area (Å²) in [4.78, 5) is 59.1. The molecule has 1 aliphatic rings. The van der Waals surface area contributed by atoms with Gasteiger partial charge < -0.3 is 9.84 Å². The number of carbonyl (C=O) groups excluding carboxylic acids is 3. The molecule has 0 atom stereocenters. The Hall–Kier alpha value is -5.11. The highest BCUT2D eigenvalue weighted by Gasteiger charge is 2.36. The lowest BCUT2D eigenvalue weighted by atomic mass is 10.1. The molecule has 13 nitrogen and oxygen atoms in total. The van der Waals surface area contributed by atoms with E-state index < -0.39 is 39.1 Å². The van der Waals surface area contributed by atoms with E-state index in [4.69, 9.17) is 4.74 Å². The molecule has 0 spiro atoms. The third-order valence-corrected chi connectivity index (χ3v) is 5.67. The second-order valence-electron chi connectivity index (χ2n) is 7.43. The quantitative estimate of drug-likeness (QED) is 0.188. The molecular formula is C23H13BrN4O9. The molecule has 0 aliphatic carbocycles. The van der Waals surface area contributed by atoms with Crippen LogP contribution in [0.25, 0.3) is 6.08 Å². The molecule has 0 aromatic heterocycles. The topological polar surface area (TPSA) is 182 Å². The van der Waals surface area contributed by atoms with E-state index in [0.717, 1.165) is 23.1 Å². The number of barbiturate groups is 1. The van der Waals surface area contributed by atoms with Gasteiger partial charge in [-0.25, -0.2) is 9.69 Å². The van der Waals surface area contributed by atoms with Crippen molar-refractivity contribution in [3.05, 3.63) is 96.5 Å². The number of non-ortho nitro benzene ring substituents is 1. The van der Waals surface area contributed by atoms with Gasteiger partial charge in [0.15, 0.2) is 0 Å². The number of ether oxygens (including phenoxy) is 1. The number of hydrogen-bond acceptors (Lipinski definition) is 9. The fourth-order valence-electron chi connectivity index (χ4n) is 3.32.